The molecule has 2 aromatic rings. The highest BCUT2D eigenvalue weighted by Gasteiger charge is 2.14. The first kappa shape index (κ1) is 12.7. The zero-order valence-electron chi connectivity index (χ0n) is 10.6. The second kappa shape index (κ2) is 5.23. The van der Waals surface area contributed by atoms with Gasteiger partial charge in [-0.3, -0.25) is 0 Å². The first-order valence-electron chi connectivity index (χ1n) is 6.02. The van der Waals surface area contributed by atoms with Crippen molar-refractivity contribution >= 4 is 26.9 Å². The highest BCUT2D eigenvalue weighted by atomic mass is 79.9. The Balaban J connectivity index is 2.66. The Kier molecular flexibility index (Phi) is 3.89. The quantitative estimate of drug-likeness (QED) is 0.915. The topological polar surface area (TPSA) is 25.2 Å². The van der Waals surface area contributed by atoms with Gasteiger partial charge < -0.3 is 9.73 Å². The van der Waals surface area contributed by atoms with Gasteiger partial charge in [0.2, 0.25) is 0 Å². The number of hydrogen-bond acceptors (Lipinski definition) is 2. The summed E-state index contributed by atoms with van der Waals surface area (Å²) in [6, 6.07) is 4.26. The molecule has 3 heteroatoms. The average Bonchev–Trinajstić information content (AvgIpc) is 2.59. The molecule has 0 unspecified atom stereocenters. The maximum atomic E-state index is 5.99. The van der Waals surface area contributed by atoms with E-state index in [4.69, 9.17) is 4.42 Å². The van der Waals surface area contributed by atoms with Crippen LogP contribution >= 0.6 is 15.9 Å². The van der Waals surface area contributed by atoms with Crippen LogP contribution in [-0.4, -0.2) is 7.05 Å². The second-order valence-corrected chi connectivity index (χ2v) is 5.30. The minimum atomic E-state index is 0.793. The molecule has 0 aliphatic heterocycles. The van der Waals surface area contributed by atoms with E-state index < -0.39 is 0 Å². The van der Waals surface area contributed by atoms with Gasteiger partial charge in [-0.25, -0.2) is 0 Å². The van der Waals surface area contributed by atoms with Crippen LogP contribution in [0.25, 0.3) is 11.0 Å². The number of rotatable bonds is 4. The third-order valence-corrected chi connectivity index (χ3v) is 3.42. The molecule has 2 rings (SSSR count). The molecule has 0 amide bonds. The standard InChI is InChI=1S/C14H18BrNO/c1-4-5-11-12-7-10(15)6-9(2)14(12)17-13(11)8-16-3/h6-7,16H,4-5,8H2,1-3H3. The minimum Gasteiger partial charge on any atom is -0.459 e. The van der Waals surface area contributed by atoms with Crippen molar-refractivity contribution in [2.24, 2.45) is 0 Å². The lowest BCUT2D eigenvalue weighted by Gasteiger charge is -2.00. The van der Waals surface area contributed by atoms with E-state index in [-0.39, 0.29) is 0 Å². The van der Waals surface area contributed by atoms with Crippen molar-refractivity contribution in [3.05, 3.63) is 33.5 Å². The van der Waals surface area contributed by atoms with Gasteiger partial charge in [-0.1, -0.05) is 29.3 Å². The summed E-state index contributed by atoms with van der Waals surface area (Å²) in [7, 11) is 1.95. The van der Waals surface area contributed by atoms with E-state index in [1.54, 1.807) is 0 Å². The monoisotopic (exact) mass is 295 g/mol. The van der Waals surface area contributed by atoms with E-state index in [0.29, 0.717) is 0 Å². The first-order valence-corrected chi connectivity index (χ1v) is 6.81. The molecule has 92 valence electrons. The van der Waals surface area contributed by atoms with Crippen LogP contribution in [0.1, 0.15) is 30.2 Å². The number of aryl methyl sites for hydroxylation is 2. The van der Waals surface area contributed by atoms with Gasteiger partial charge in [-0.05, 0) is 38.1 Å². The lowest BCUT2D eigenvalue weighted by molar-refractivity contribution is 0.522. The van der Waals surface area contributed by atoms with Crippen molar-refractivity contribution in [2.45, 2.75) is 33.2 Å². The molecular weight excluding hydrogens is 278 g/mol. The smallest absolute Gasteiger partial charge is 0.137 e. The highest BCUT2D eigenvalue weighted by Crippen LogP contribution is 2.32. The Morgan fingerprint density at radius 1 is 1.35 bits per heavy atom. The number of furan rings is 1. The molecule has 1 heterocycles. The van der Waals surface area contributed by atoms with Gasteiger partial charge in [0, 0.05) is 15.4 Å². The molecule has 2 nitrogen and oxygen atoms in total. The van der Waals surface area contributed by atoms with E-state index in [9.17, 15) is 0 Å². The lowest BCUT2D eigenvalue weighted by Crippen LogP contribution is -2.05. The fourth-order valence-electron chi connectivity index (χ4n) is 2.25. The van der Waals surface area contributed by atoms with Gasteiger partial charge in [0.1, 0.15) is 11.3 Å². The first-order chi connectivity index (χ1) is 8.17. The second-order valence-electron chi connectivity index (χ2n) is 4.38. The molecular formula is C14H18BrNO. The van der Waals surface area contributed by atoms with Gasteiger partial charge in [0.25, 0.3) is 0 Å². The Labute approximate surface area is 111 Å². The summed E-state index contributed by atoms with van der Waals surface area (Å²) in [6.45, 7) is 5.09. The van der Waals surface area contributed by atoms with Crippen LogP contribution in [0.4, 0.5) is 0 Å². The van der Waals surface area contributed by atoms with Crippen molar-refractivity contribution in [1.29, 1.82) is 0 Å². The molecule has 0 spiro atoms. The third-order valence-electron chi connectivity index (χ3n) is 2.96. The van der Waals surface area contributed by atoms with Crippen LogP contribution in [0.2, 0.25) is 0 Å². The predicted octanol–water partition coefficient (Wildman–Crippen LogP) is 4.18. The SMILES string of the molecule is CCCc1c(CNC)oc2c(C)cc(Br)cc12. The van der Waals surface area contributed by atoms with Crippen LogP contribution < -0.4 is 5.32 Å². The molecule has 1 aromatic heterocycles. The van der Waals surface area contributed by atoms with Crippen molar-refractivity contribution in [3.8, 4) is 0 Å². The van der Waals surface area contributed by atoms with Crippen LogP contribution in [0, 0.1) is 6.92 Å². The summed E-state index contributed by atoms with van der Waals surface area (Å²) in [4.78, 5) is 0. The molecule has 0 fully saturated rings. The zero-order chi connectivity index (χ0) is 12.4. The van der Waals surface area contributed by atoms with E-state index in [2.05, 4.69) is 47.2 Å². The fraction of sp³-hybridized carbons (Fsp3) is 0.429. The van der Waals surface area contributed by atoms with Crippen molar-refractivity contribution < 1.29 is 4.42 Å². The molecule has 0 aliphatic rings. The molecule has 1 N–H and O–H groups in total. The number of hydrogen-bond donors (Lipinski definition) is 1. The zero-order valence-corrected chi connectivity index (χ0v) is 12.1. The summed E-state index contributed by atoms with van der Waals surface area (Å²) >= 11 is 3.56. The minimum absolute atomic E-state index is 0.793. The summed E-state index contributed by atoms with van der Waals surface area (Å²) in [5, 5.41) is 4.43. The maximum absolute atomic E-state index is 5.99. The van der Waals surface area contributed by atoms with Gasteiger partial charge in [-0.15, -0.1) is 0 Å². The molecule has 0 atom stereocenters. The van der Waals surface area contributed by atoms with Crippen molar-refractivity contribution in [3.63, 3.8) is 0 Å². The van der Waals surface area contributed by atoms with Crippen LogP contribution in [0.5, 0.6) is 0 Å². The summed E-state index contributed by atoms with van der Waals surface area (Å²) < 4.78 is 7.12. The molecule has 0 saturated carbocycles. The molecule has 0 radical (unpaired) electrons. The number of benzene rings is 1. The van der Waals surface area contributed by atoms with E-state index in [1.807, 2.05) is 7.05 Å². The largest absolute Gasteiger partial charge is 0.459 e. The maximum Gasteiger partial charge on any atom is 0.137 e. The van der Waals surface area contributed by atoms with Crippen molar-refractivity contribution in [2.75, 3.05) is 7.05 Å². The number of fused-ring (bicyclic) bond motifs is 1. The van der Waals surface area contributed by atoms with Gasteiger partial charge in [0.05, 0.1) is 6.54 Å². The van der Waals surface area contributed by atoms with Gasteiger partial charge >= 0.3 is 0 Å². The Morgan fingerprint density at radius 3 is 2.76 bits per heavy atom. The average molecular weight is 296 g/mol. The normalized spacial score (nSPS) is 11.3. The van der Waals surface area contributed by atoms with Crippen LogP contribution in [0.15, 0.2) is 21.0 Å². The van der Waals surface area contributed by atoms with Crippen molar-refractivity contribution in [1.82, 2.24) is 5.32 Å². The van der Waals surface area contributed by atoms with E-state index in [0.717, 1.165) is 35.2 Å². The van der Waals surface area contributed by atoms with Gasteiger partial charge in [0.15, 0.2) is 0 Å². The van der Waals surface area contributed by atoms with Crippen LogP contribution in [0.3, 0.4) is 0 Å². The predicted molar refractivity (Wildman–Crippen MR) is 75.4 cm³/mol. The Hall–Kier alpha value is -0.800. The van der Waals surface area contributed by atoms with E-state index >= 15 is 0 Å². The number of nitrogens with one attached hydrogen (secondary N) is 1. The molecule has 0 bridgehead atoms. The Morgan fingerprint density at radius 2 is 2.12 bits per heavy atom. The van der Waals surface area contributed by atoms with Crippen LogP contribution in [-0.2, 0) is 13.0 Å². The fourth-order valence-corrected chi connectivity index (χ4v) is 2.82. The molecule has 0 aliphatic carbocycles. The molecule has 17 heavy (non-hydrogen) atoms. The molecule has 1 aromatic carbocycles. The summed E-state index contributed by atoms with van der Waals surface area (Å²) in [6.07, 6.45) is 2.21. The van der Waals surface area contributed by atoms with Gasteiger partial charge in [-0.2, -0.15) is 0 Å². The Bertz CT molecular complexity index is 530. The molecule has 0 saturated heterocycles. The highest BCUT2D eigenvalue weighted by molar-refractivity contribution is 9.10. The summed E-state index contributed by atoms with van der Waals surface area (Å²) in [5.41, 5.74) is 3.57. The summed E-state index contributed by atoms with van der Waals surface area (Å²) in [5.74, 6) is 1.07. The van der Waals surface area contributed by atoms with E-state index in [1.165, 1.54) is 16.5 Å². The number of halogens is 1. The lowest BCUT2D eigenvalue weighted by atomic mass is 10.0. The third kappa shape index (κ3) is 2.40.